The summed E-state index contributed by atoms with van der Waals surface area (Å²) in [5.74, 6) is -0.607. The van der Waals surface area contributed by atoms with Crippen LogP contribution in [0.15, 0.2) is 34.9 Å². The van der Waals surface area contributed by atoms with Gasteiger partial charge in [-0.15, -0.1) is 0 Å². The predicted octanol–water partition coefficient (Wildman–Crippen LogP) is 2.35. The molecule has 0 saturated carbocycles. The van der Waals surface area contributed by atoms with E-state index >= 15 is 0 Å². The summed E-state index contributed by atoms with van der Waals surface area (Å²) in [5.41, 5.74) is 1.80. The fraction of sp³-hybridized carbons (Fsp3) is 0.0909. The Hall–Kier alpha value is -2.10. The summed E-state index contributed by atoms with van der Waals surface area (Å²) in [7, 11) is 0. The predicted molar refractivity (Wildman–Crippen MR) is 53.6 cm³/mol. The molecule has 15 heavy (non-hydrogen) atoms. The minimum Gasteiger partial charge on any atom is -0.476 e. The molecule has 0 unspecified atom stereocenters. The molecular formula is C11H9NO3. The Bertz CT molecular complexity index is 502. The molecule has 4 nitrogen and oxygen atoms in total. The molecule has 0 saturated heterocycles. The Kier molecular flexibility index (Phi) is 2.25. The average Bonchev–Trinajstić information content (AvgIpc) is 2.67. The molecule has 76 valence electrons. The molecular weight excluding hydrogens is 194 g/mol. The SMILES string of the molecule is Cc1ccccc1-c1cc(C(=O)O)no1. The van der Waals surface area contributed by atoms with Gasteiger partial charge in [-0.2, -0.15) is 0 Å². The van der Waals surface area contributed by atoms with Gasteiger partial charge >= 0.3 is 5.97 Å². The number of hydrogen-bond acceptors (Lipinski definition) is 3. The highest BCUT2D eigenvalue weighted by Crippen LogP contribution is 2.23. The maximum absolute atomic E-state index is 10.6. The second-order valence-electron chi connectivity index (χ2n) is 3.20. The van der Waals surface area contributed by atoms with Gasteiger partial charge in [-0.05, 0) is 12.5 Å². The van der Waals surface area contributed by atoms with E-state index in [4.69, 9.17) is 9.63 Å². The highest BCUT2D eigenvalue weighted by molar-refractivity contribution is 5.86. The Morgan fingerprint density at radius 1 is 1.40 bits per heavy atom. The fourth-order valence-electron chi connectivity index (χ4n) is 1.35. The lowest BCUT2D eigenvalue weighted by Gasteiger charge is -1.98. The van der Waals surface area contributed by atoms with Gasteiger partial charge in [-0.3, -0.25) is 0 Å². The minimum absolute atomic E-state index is 0.0757. The molecule has 0 aliphatic carbocycles. The van der Waals surface area contributed by atoms with Crippen LogP contribution in [0.1, 0.15) is 16.1 Å². The minimum atomic E-state index is -1.08. The second-order valence-corrected chi connectivity index (χ2v) is 3.20. The first kappa shape index (κ1) is 9.45. The van der Waals surface area contributed by atoms with Crippen LogP contribution < -0.4 is 0 Å². The molecule has 2 rings (SSSR count). The van der Waals surface area contributed by atoms with Crippen molar-refractivity contribution in [2.45, 2.75) is 6.92 Å². The van der Waals surface area contributed by atoms with E-state index < -0.39 is 5.97 Å². The highest BCUT2D eigenvalue weighted by atomic mass is 16.5. The van der Waals surface area contributed by atoms with Crippen LogP contribution in [0.2, 0.25) is 0 Å². The quantitative estimate of drug-likeness (QED) is 0.813. The van der Waals surface area contributed by atoms with Gasteiger partial charge in [0.15, 0.2) is 11.5 Å². The molecule has 0 aliphatic rings. The zero-order valence-corrected chi connectivity index (χ0v) is 8.10. The highest BCUT2D eigenvalue weighted by Gasteiger charge is 2.12. The van der Waals surface area contributed by atoms with Crippen molar-refractivity contribution in [3.8, 4) is 11.3 Å². The van der Waals surface area contributed by atoms with Crippen molar-refractivity contribution < 1.29 is 14.4 Å². The van der Waals surface area contributed by atoms with Crippen LogP contribution in [0, 0.1) is 6.92 Å². The topological polar surface area (TPSA) is 63.3 Å². The molecule has 0 aliphatic heterocycles. The van der Waals surface area contributed by atoms with Crippen molar-refractivity contribution in [1.29, 1.82) is 0 Å². The third-order valence-corrected chi connectivity index (χ3v) is 2.14. The lowest BCUT2D eigenvalue weighted by Crippen LogP contribution is -1.94. The summed E-state index contributed by atoms with van der Waals surface area (Å²) in [6.45, 7) is 1.93. The Morgan fingerprint density at radius 3 is 2.73 bits per heavy atom. The molecule has 0 amide bonds. The average molecular weight is 203 g/mol. The summed E-state index contributed by atoms with van der Waals surface area (Å²) >= 11 is 0. The van der Waals surface area contributed by atoms with E-state index in [9.17, 15) is 4.79 Å². The van der Waals surface area contributed by atoms with Gasteiger partial charge in [0.1, 0.15) is 0 Å². The lowest BCUT2D eigenvalue weighted by atomic mass is 10.1. The van der Waals surface area contributed by atoms with E-state index in [0.29, 0.717) is 5.76 Å². The van der Waals surface area contributed by atoms with Crippen LogP contribution in [0.4, 0.5) is 0 Å². The first-order chi connectivity index (χ1) is 7.18. The molecule has 0 bridgehead atoms. The number of aryl methyl sites for hydroxylation is 1. The maximum atomic E-state index is 10.6. The van der Waals surface area contributed by atoms with Crippen molar-refractivity contribution in [2.24, 2.45) is 0 Å². The third kappa shape index (κ3) is 1.74. The first-order valence-corrected chi connectivity index (χ1v) is 4.44. The summed E-state index contributed by atoms with van der Waals surface area (Å²) < 4.78 is 4.96. The monoisotopic (exact) mass is 203 g/mol. The standard InChI is InChI=1S/C11H9NO3/c1-7-4-2-3-5-8(7)10-6-9(11(13)14)12-15-10/h2-6H,1H3,(H,13,14). The number of aromatic nitrogens is 1. The van der Waals surface area contributed by atoms with Gasteiger partial charge in [-0.1, -0.05) is 29.4 Å². The number of hydrogen-bond donors (Lipinski definition) is 1. The zero-order chi connectivity index (χ0) is 10.8. The number of rotatable bonds is 2. The van der Waals surface area contributed by atoms with Crippen molar-refractivity contribution in [3.63, 3.8) is 0 Å². The van der Waals surface area contributed by atoms with Crippen molar-refractivity contribution in [3.05, 3.63) is 41.6 Å². The van der Waals surface area contributed by atoms with Gasteiger partial charge in [0, 0.05) is 11.6 Å². The van der Waals surface area contributed by atoms with Crippen LogP contribution in [0.5, 0.6) is 0 Å². The molecule has 1 heterocycles. The van der Waals surface area contributed by atoms with Gasteiger partial charge in [0.25, 0.3) is 0 Å². The van der Waals surface area contributed by atoms with E-state index in [1.165, 1.54) is 6.07 Å². The van der Waals surface area contributed by atoms with Crippen molar-refractivity contribution >= 4 is 5.97 Å². The Labute approximate surface area is 86.1 Å². The zero-order valence-electron chi connectivity index (χ0n) is 8.10. The molecule has 0 atom stereocenters. The molecule has 2 aromatic rings. The summed E-state index contributed by atoms with van der Waals surface area (Å²) in [5, 5.41) is 12.2. The largest absolute Gasteiger partial charge is 0.476 e. The Morgan fingerprint density at radius 2 is 2.13 bits per heavy atom. The molecule has 1 aromatic heterocycles. The van der Waals surface area contributed by atoms with E-state index in [1.54, 1.807) is 0 Å². The maximum Gasteiger partial charge on any atom is 0.358 e. The third-order valence-electron chi connectivity index (χ3n) is 2.14. The first-order valence-electron chi connectivity index (χ1n) is 4.44. The van der Waals surface area contributed by atoms with Crippen LogP contribution in [0.25, 0.3) is 11.3 Å². The number of carboxylic acids is 1. The van der Waals surface area contributed by atoms with Gasteiger partial charge in [0.2, 0.25) is 0 Å². The van der Waals surface area contributed by atoms with E-state index in [0.717, 1.165) is 11.1 Å². The Balaban J connectivity index is 2.46. The van der Waals surface area contributed by atoms with E-state index in [-0.39, 0.29) is 5.69 Å². The molecule has 4 heteroatoms. The van der Waals surface area contributed by atoms with E-state index in [1.807, 2.05) is 31.2 Å². The van der Waals surface area contributed by atoms with Crippen LogP contribution in [-0.4, -0.2) is 16.2 Å². The van der Waals surface area contributed by atoms with Gasteiger partial charge in [0.05, 0.1) is 0 Å². The van der Waals surface area contributed by atoms with Crippen LogP contribution in [0.3, 0.4) is 0 Å². The smallest absolute Gasteiger partial charge is 0.358 e. The molecule has 0 spiro atoms. The summed E-state index contributed by atoms with van der Waals surface area (Å²) in [6.07, 6.45) is 0. The number of carbonyl (C=O) groups is 1. The number of nitrogens with zero attached hydrogens (tertiary/aromatic N) is 1. The molecule has 1 N–H and O–H groups in total. The van der Waals surface area contributed by atoms with E-state index in [2.05, 4.69) is 5.16 Å². The van der Waals surface area contributed by atoms with Crippen molar-refractivity contribution in [2.75, 3.05) is 0 Å². The second kappa shape index (κ2) is 3.57. The van der Waals surface area contributed by atoms with Crippen molar-refractivity contribution in [1.82, 2.24) is 5.16 Å². The van der Waals surface area contributed by atoms with Crippen LogP contribution in [-0.2, 0) is 0 Å². The number of aromatic carboxylic acids is 1. The number of carboxylic acid groups (broad SMARTS) is 1. The molecule has 1 aromatic carbocycles. The molecule has 0 fully saturated rings. The summed E-state index contributed by atoms with van der Waals surface area (Å²) in [4.78, 5) is 10.6. The van der Waals surface area contributed by atoms with Gasteiger partial charge < -0.3 is 9.63 Å². The fourth-order valence-corrected chi connectivity index (χ4v) is 1.35. The number of benzene rings is 1. The molecule has 0 radical (unpaired) electrons. The summed E-state index contributed by atoms with van der Waals surface area (Å²) in [6, 6.07) is 8.99. The normalized spacial score (nSPS) is 10.2. The van der Waals surface area contributed by atoms with Crippen LogP contribution >= 0.6 is 0 Å². The van der Waals surface area contributed by atoms with Gasteiger partial charge in [-0.25, -0.2) is 4.79 Å². The lowest BCUT2D eigenvalue weighted by molar-refractivity contribution is 0.0686.